The number of aliphatic carboxylic acids is 1. The van der Waals surface area contributed by atoms with Crippen molar-refractivity contribution in [2.75, 3.05) is 11.9 Å². The summed E-state index contributed by atoms with van der Waals surface area (Å²) >= 11 is 1.64. The van der Waals surface area contributed by atoms with Gasteiger partial charge in [-0.2, -0.15) is 0 Å². The van der Waals surface area contributed by atoms with E-state index in [-0.39, 0.29) is 0 Å². The van der Waals surface area contributed by atoms with Crippen molar-refractivity contribution < 1.29 is 9.90 Å². The van der Waals surface area contributed by atoms with Crippen LogP contribution in [0.25, 0.3) is 0 Å². The summed E-state index contributed by atoms with van der Waals surface area (Å²) in [5.74, 6) is -0.405. The molecular formula is C14H20N2O2S. The quantitative estimate of drug-likeness (QED) is 0.889. The van der Waals surface area contributed by atoms with Gasteiger partial charge in [0.15, 0.2) is 5.13 Å². The highest BCUT2D eigenvalue weighted by molar-refractivity contribution is 7.15. The summed E-state index contributed by atoms with van der Waals surface area (Å²) < 4.78 is 0. The maximum absolute atomic E-state index is 11.2. The second-order valence-corrected chi connectivity index (χ2v) is 7.46. The number of fused-ring (bicyclic) bond motifs is 1. The molecule has 2 aliphatic rings. The first kappa shape index (κ1) is 12.9. The summed E-state index contributed by atoms with van der Waals surface area (Å²) in [6, 6.07) is 0. The van der Waals surface area contributed by atoms with Gasteiger partial charge in [0.05, 0.1) is 5.69 Å². The average Bonchev–Trinajstić information content (AvgIpc) is 2.79. The Hall–Kier alpha value is -1.10. The summed E-state index contributed by atoms with van der Waals surface area (Å²) in [6.45, 7) is 5.52. The molecule has 2 aliphatic carbocycles. The van der Waals surface area contributed by atoms with Crippen molar-refractivity contribution in [1.82, 2.24) is 4.98 Å². The predicted octanol–water partition coefficient (Wildman–Crippen LogP) is 3.11. The Kier molecular flexibility index (Phi) is 3.04. The van der Waals surface area contributed by atoms with Crippen LogP contribution < -0.4 is 5.32 Å². The van der Waals surface area contributed by atoms with Gasteiger partial charge in [0.25, 0.3) is 0 Å². The molecule has 2 atom stereocenters. The number of thiazole rings is 1. The lowest BCUT2D eigenvalue weighted by Gasteiger charge is -2.16. The number of aromatic nitrogens is 1. The van der Waals surface area contributed by atoms with Gasteiger partial charge in [-0.25, -0.2) is 4.98 Å². The number of nitrogens with zero attached hydrogens (tertiary/aromatic N) is 1. The molecule has 1 heterocycles. The summed E-state index contributed by atoms with van der Waals surface area (Å²) in [5.41, 5.74) is 1.27. The number of aryl methyl sites for hydroxylation is 1. The third kappa shape index (κ3) is 2.48. The zero-order chi connectivity index (χ0) is 13.6. The molecule has 0 spiro atoms. The lowest BCUT2D eigenvalue weighted by atomic mass is 9.91. The van der Waals surface area contributed by atoms with Gasteiger partial charge in [0.2, 0.25) is 0 Å². The van der Waals surface area contributed by atoms with Gasteiger partial charge in [-0.15, -0.1) is 11.3 Å². The van der Waals surface area contributed by atoms with Gasteiger partial charge in [-0.1, -0.05) is 13.8 Å². The average molecular weight is 280 g/mol. The number of carbonyl (C=O) groups is 1. The first-order valence-corrected chi connectivity index (χ1v) is 7.75. The number of rotatable bonds is 4. The zero-order valence-corrected chi connectivity index (χ0v) is 12.2. The van der Waals surface area contributed by atoms with E-state index in [1.165, 1.54) is 6.42 Å². The SMILES string of the molecule is CC1(C)CC1CNc1nc2c(s1)CCCC2C(=O)O. The standard InChI is InChI=1S/C14H20N2O2S/c1-14(2)6-8(14)7-15-13-16-11-9(12(17)18)4-3-5-10(11)19-13/h8-9H,3-7H2,1-2H3,(H,15,16)(H,17,18). The Labute approximate surface area is 117 Å². The van der Waals surface area contributed by atoms with E-state index >= 15 is 0 Å². The largest absolute Gasteiger partial charge is 0.481 e. The molecule has 0 radical (unpaired) electrons. The molecule has 3 rings (SSSR count). The Bertz CT molecular complexity index is 510. The second-order valence-electron chi connectivity index (χ2n) is 6.38. The Morgan fingerprint density at radius 1 is 1.58 bits per heavy atom. The van der Waals surface area contributed by atoms with E-state index in [2.05, 4.69) is 24.1 Å². The molecule has 0 amide bonds. The minimum absolute atomic E-state index is 0.395. The predicted molar refractivity (Wildman–Crippen MR) is 75.8 cm³/mol. The van der Waals surface area contributed by atoms with Crippen molar-refractivity contribution in [1.29, 1.82) is 0 Å². The van der Waals surface area contributed by atoms with Gasteiger partial charge in [-0.05, 0) is 37.0 Å². The number of carboxylic acids is 1. The molecule has 19 heavy (non-hydrogen) atoms. The molecule has 2 unspecified atom stereocenters. The summed E-state index contributed by atoms with van der Waals surface area (Å²) in [6.07, 6.45) is 3.93. The molecule has 4 nitrogen and oxygen atoms in total. The smallest absolute Gasteiger partial charge is 0.312 e. The van der Waals surface area contributed by atoms with Crippen LogP contribution in [0.2, 0.25) is 0 Å². The van der Waals surface area contributed by atoms with E-state index in [1.54, 1.807) is 11.3 Å². The fourth-order valence-corrected chi connectivity index (χ4v) is 3.94. The van der Waals surface area contributed by atoms with Crippen LogP contribution in [-0.2, 0) is 11.2 Å². The van der Waals surface area contributed by atoms with Crippen LogP contribution >= 0.6 is 11.3 Å². The van der Waals surface area contributed by atoms with E-state index in [9.17, 15) is 9.90 Å². The maximum Gasteiger partial charge on any atom is 0.312 e. The molecule has 0 aliphatic heterocycles. The first-order valence-electron chi connectivity index (χ1n) is 6.93. The van der Waals surface area contributed by atoms with Crippen LogP contribution in [0.15, 0.2) is 0 Å². The third-order valence-corrected chi connectivity index (χ3v) is 5.56. The summed E-state index contributed by atoms with van der Waals surface area (Å²) in [7, 11) is 0. The van der Waals surface area contributed by atoms with Crippen molar-refractivity contribution in [3.8, 4) is 0 Å². The minimum Gasteiger partial charge on any atom is -0.481 e. The van der Waals surface area contributed by atoms with Crippen molar-refractivity contribution in [3.05, 3.63) is 10.6 Å². The lowest BCUT2D eigenvalue weighted by molar-refractivity contribution is -0.139. The molecule has 1 aromatic rings. The molecule has 1 fully saturated rings. The zero-order valence-electron chi connectivity index (χ0n) is 11.4. The number of anilines is 1. The monoisotopic (exact) mass is 280 g/mol. The summed E-state index contributed by atoms with van der Waals surface area (Å²) in [5, 5.41) is 13.5. The Morgan fingerprint density at radius 2 is 2.32 bits per heavy atom. The molecule has 0 saturated heterocycles. The van der Waals surface area contributed by atoms with Gasteiger partial charge >= 0.3 is 5.97 Å². The Morgan fingerprint density at radius 3 is 2.95 bits per heavy atom. The van der Waals surface area contributed by atoms with Crippen molar-refractivity contribution in [2.24, 2.45) is 11.3 Å². The van der Waals surface area contributed by atoms with Crippen LogP contribution in [0, 0.1) is 11.3 Å². The molecule has 1 saturated carbocycles. The van der Waals surface area contributed by atoms with E-state index in [0.717, 1.165) is 47.4 Å². The van der Waals surface area contributed by atoms with Crippen LogP contribution in [0.1, 0.15) is 49.6 Å². The molecule has 0 aromatic carbocycles. The number of nitrogens with one attached hydrogen (secondary N) is 1. The molecule has 104 valence electrons. The van der Waals surface area contributed by atoms with Gasteiger partial charge in [0.1, 0.15) is 5.92 Å². The van der Waals surface area contributed by atoms with Crippen molar-refractivity contribution >= 4 is 22.4 Å². The minimum atomic E-state index is -0.735. The first-order chi connectivity index (χ1) is 8.97. The highest BCUT2D eigenvalue weighted by Crippen LogP contribution is 2.51. The van der Waals surface area contributed by atoms with E-state index in [4.69, 9.17) is 0 Å². The van der Waals surface area contributed by atoms with E-state index in [0.29, 0.717) is 5.41 Å². The maximum atomic E-state index is 11.2. The van der Waals surface area contributed by atoms with Crippen LogP contribution in [0.4, 0.5) is 5.13 Å². The highest BCUT2D eigenvalue weighted by Gasteiger charge is 2.45. The fraction of sp³-hybridized carbons (Fsp3) is 0.714. The van der Waals surface area contributed by atoms with Crippen LogP contribution in [0.3, 0.4) is 0 Å². The molecule has 1 aromatic heterocycles. The molecule has 2 N–H and O–H groups in total. The number of hydrogen-bond donors (Lipinski definition) is 2. The van der Waals surface area contributed by atoms with Crippen molar-refractivity contribution in [2.45, 2.75) is 45.4 Å². The van der Waals surface area contributed by atoms with Gasteiger partial charge in [-0.3, -0.25) is 4.79 Å². The third-order valence-electron chi connectivity index (χ3n) is 4.47. The molecule has 0 bridgehead atoms. The lowest BCUT2D eigenvalue weighted by Crippen LogP contribution is -2.17. The van der Waals surface area contributed by atoms with E-state index in [1.807, 2.05) is 0 Å². The summed E-state index contributed by atoms with van der Waals surface area (Å²) in [4.78, 5) is 16.9. The molecular weight excluding hydrogens is 260 g/mol. The van der Waals surface area contributed by atoms with Gasteiger partial charge in [0, 0.05) is 11.4 Å². The number of hydrogen-bond acceptors (Lipinski definition) is 4. The van der Waals surface area contributed by atoms with E-state index < -0.39 is 11.9 Å². The topological polar surface area (TPSA) is 62.2 Å². The van der Waals surface area contributed by atoms with Crippen molar-refractivity contribution in [3.63, 3.8) is 0 Å². The number of carboxylic acid groups (broad SMARTS) is 1. The molecule has 5 heteroatoms. The fourth-order valence-electron chi connectivity index (χ4n) is 2.87. The highest BCUT2D eigenvalue weighted by atomic mass is 32.1. The second kappa shape index (κ2) is 4.47. The van der Waals surface area contributed by atoms with Crippen LogP contribution in [-0.4, -0.2) is 22.6 Å². The Balaban J connectivity index is 1.69. The normalized spacial score (nSPS) is 27.7. The van der Waals surface area contributed by atoms with Crippen LogP contribution in [0.5, 0.6) is 0 Å². The van der Waals surface area contributed by atoms with Gasteiger partial charge < -0.3 is 10.4 Å².